The molecule has 0 fully saturated rings. The van der Waals surface area contributed by atoms with E-state index >= 15 is 0 Å². The molecule has 0 saturated heterocycles. The Morgan fingerprint density at radius 1 is 1.20 bits per heavy atom. The Morgan fingerprint density at radius 2 is 1.87 bits per heavy atom. The van der Waals surface area contributed by atoms with Crippen molar-refractivity contribution >= 4 is 5.95 Å². The lowest BCUT2D eigenvalue weighted by molar-refractivity contribution is 0.475. The van der Waals surface area contributed by atoms with Crippen molar-refractivity contribution in [2.75, 3.05) is 19.0 Å². The zero-order valence-corrected chi connectivity index (χ0v) is 8.49. The molecular formula is C9H11N5O. The van der Waals surface area contributed by atoms with Gasteiger partial charge >= 0.3 is 0 Å². The van der Waals surface area contributed by atoms with Gasteiger partial charge in [-0.15, -0.1) is 0 Å². The van der Waals surface area contributed by atoms with E-state index in [1.807, 2.05) is 19.0 Å². The summed E-state index contributed by atoms with van der Waals surface area (Å²) >= 11 is 0. The van der Waals surface area contributed by atoms with Crippen LogP contribution < -0.4 is 4.90 Å². The zero-order chi connectivity index (χ0) is 10.8. The van der Waals surface area contributed by atoms with Crippen LogP contribution in [-0.2, 0) is 0 Å². The Hall–Kier alpha value is -2.11. The summed E-state index contributed by atoms with van der Waals surface area (Å²) in [5.74, 6) is 0.860. The van der Waals surface area contributed by atoms with E-state index in [2.05, 4.69) is 15.5 Å². The molecule has 2 aromatic rings. The lowest BCUT2D eigenvalue weighted by atomic mass is 10.3. The lowest BCUT2D eigenvalue weighted by Gasteiger charge is -2.10. The van der Waals surface area contributed by atoms with Gasteiger partial charge in [0.25, 0.3) is 0 Å². The predicted octanol–water partition coefficient (Wildman–Crippen LogP) is 0.434. The zero-order valence-electron chi connectivity index (χ0n) is 8.49. The molecule has 0 bridgehead atoms. The van der Waals surface area contributed by atoms with Crippen LogP contribution in [0.25, 0.3) is 5.69 Å². The number of aromatic hydroxyl groups is 1. The molecule has 6 nitrogen and oxygen atoms in total. The smallest absolute Gasteiger partial charge is 0.249 e. The van der Waals surface area contributed by atoms with E-state index in [0.717, 1.165) is 5.69 Å². The van der Waals surface area contributed by atoms with Crippen LogP contribution in [0.5, 0.6) is 5.75 Å². The molecule has 15 heavy (non-hydrogen) atoms. The van der Waals surface area contributed by atoms with Crippen molar-refractivity contribution in [2.45, 2.75) is 0 Å². The van der Waals surface area contributed by atoms with Crippen molar-refractivity contribution in [3.05, 3.63) is 24.3 Å². The largest absolute Gasteiger partial charge is 0.508 e. The summed E-state index contributed by atoms with van der Waals surface area (Å²) in [5, 5.41) is 20.5. The van der Waals surface area contributed by atoms with E-state index in [9.17, 15) is 0 Å². The molecule has 0 unspecified atom stereocenters. The fourth-order valence-corrected chi connectivity index (χ4v) is 1.22. The molecule has 1 heterocycles. The standard InChI is InChI=1S/C9H11N5O/c1-13(2)9-10-11-12-14(9)7-3-5-8(15)6-4-7/h3-6,15H,1-2H3. The number of nitrogens with zero attached hydrogens (tertiary/aromatic N) is 5. The number of anilines is 1. The van der Waals surface area contributed by atoms with Gasteiger partial charge in [-0.05, 0) is 34.7 Å². The molecule has 0 radical (unpaired) electrons. The van der Waals surface area contributed by atoms with E-state index < -0.39 is 0 Å². The Balaban J connectivity index is 2.45. The molecule has 0 saturated carbocycles. The SMILES string of the molecule is CN(C)c1nnnn1-c1ccc(O)cc1. The third kappa shape index (κ3) is 1.74. The summed E-state index contributed by atoms with van der Waals surface area (Å²) < 4.78 is 1.60. The summed E-state index contributed by atoms with van der Waals surface area (Å²) in [5.41, 5.74) is 0.807. The first-order valence-corrected chi connectivity index (χ1v) is 4.43. The highest BCUT2D eigenvalue weighted by molar-refractivity contribution is 5.41. The number of aromatic nitrogens is 4. The van der Waals surface area contributed by atoms with E-state index in [0.29, 0.717) is 5.95 Å². The summed E-state index contributed by atoms with van der Waals surface area (Å²) in [6.45, 7) is 0. The van der Waals surface area contributed by atoms with Gasteiger partial charge in [-0.3, -0.25) is 0 Å². The van der Waals surface area contributed by atoms with E-state index in [1.165, 1.54) is 0 Å². The second kappa shape index (κ2) is 3.56. The highest BCUT2D eigenvalue weighted by atomic mass is 16.3. The van der Waals surface area contributed by atoms with Gasteiger partial charge in [0, 0.05) is 14.1 Å². The van der Waals surface area contributed by atoms with Gasteiger partial charge in [0.2, 0.25) is 5.95 Å². The number of tetrazole rings is 1. The summed E-state index contributed by atoms with van der Waals surface area (Å²) in [6, 6.07) is 6.68. The summed E-state index contributed by atoms with van der Waals surface area (Å²) in [4.78, 5) is 1.81. The number of phenolic OH excluding ortho intramolecular Hbond substituents is 1. The second-order valence-corrected chi connectivity index (χ2v) is 3.30. The minimum absolute atomic E-state index is 0.221. The van der Waals surface area contributed by atoms with Crippen molar-refractivity contribution in [2.24, 2.45) is 0 Å². The van der Waals surface area contributed by atoms with Crippen LogP contribution >= 0.6 is 0 Å². The van der Waals surface area contributed by atoms with Crippen LogP contribution in [0.15, 0.2) is 24.3 Å². The fraction of sp³-hybridized carbons (Fsp3) is 0.222. The fourth-order valence-electron chi connectivity index (χ4n) is 1.22. The summed E-state index contributed by atoms with van der Waals surface area (Å²) in [6.07, 6.45) is 0. The van der Waals surface area contributed by atoms with Crippen molar-refractivity contribution in [1.82, 2.24) is 20.2 Å². The number of hydrogen-bond donors (Lipinski definition) is 1. The molecule has 0 spiro atoms. The van der Waals surface area contributed by atoms with Crippen LogP contribution in [0, 0.1) is 0 Å². The molecule has 0 amide bonds. The van der Waals surface area contributed by atoms with E-state index in [4.69, 9.17) is 5.11 Å². The topological polar surface area (TPSA) is 67.1 Å². The van der Waals surface area contributed by atoms with Gasteiger partial charge in [0.05, 0.1) is 5.69 Å². The van der Waals surface area contributed by atoms with Crippen LogP contribution in [0.2, 0.25) is 0 Å². The number of phenols is 1. The normalized spacial score (nSPS) is 10.3. The van der Waals surface area contributed by atoms with Gasteiger partial charge in [0.15, 0.2) is 0 Å². The van der Waals surface area contributed by atoms with E-state index in [1.54, 1.807) is 28.9 Å². The Bertz CT molecular complexity index is 448. The number of benzene rings is 1. The van der Waals surface area contributed by atoms with Gasteiger partial charge in [-0.25, -0.2) is 0 Å². The maximum Gasteiger partial charge on any atom is 0.249 e. The Labute approximate surface area is 86.8 Å². The average molecular weight is 205 g/mol. The first-order chi connectivity index (χ1) is 7.18. The second-order valence-electron chi connectivity index (χ2n) is 3.30. The highest BCUT2D eigenvalue weighted by Crippen LogP contribution is 2.16. The Kier molecular flexibility index (Phi) is 2.24. The molecule has 0 aliphatic carbocycles. The first-order valence-electron chi connectivity index (χ1n) is 4.43. The molecule has 1 aromatic carbocycles. The molecule has 6 heteroatoms. The van der Waals surface area contributed by atoms with Crippen LogP contribution in [0.3, 0.4) is 0 Å². The Morgan fingerprint density at radius 3 is 2.47 bits per heavy atom. The van der Waals surface area contributed by atoms with Crippen LogP contribution in [-0.4, -0.2) is 39.4 Å². The highest BCUT2D eigenvalue weighted by Gasteiger charge is 2.09. The predicted molar refractivity (Wildman–Crippen MR) is 55.1 cm³/mol. The molecule has 1 N–H and O–H groups in total. The first kappa shape index (κ1) is 9.45. The molecule has 2 rings (SSSR count). The van der Waals surface area contributed by atoms with Crippen LogP contribution in [0.1, 0.15) is 0 Å². The molecule has 78 valence electrons. The monoisotopic (exact) mass is 205 g/mol. The van der Waals surface area contributed by atoms with Gasteiger partial charge in [0.1, 0.15) is 5.75 Å². The quantitative estimate of drug-likeness (QED) is 0.770. The molecule has 0 atom stereocenters. The minimum Gasteiger partial charge on any atom is -0.508 e. The minimum atomic E-state index is 0.221. The molecular weight excluding hydrogens is 194 g/mol. The van der Waals surface area contributed by atoms with Crippen molar-refractivity contribution in [1.29, 1.82) is 0 Å². The van der Waals surface area contributed by atoms with Gasteiger partial charge < -0.3 is 10.0 Å². The van der Waals surface area contributed by atoms with Crippen molar-refractivity contribution in [3.63, 3.8) is 0 Å². The number of hydrogen-bond acceptors (Lipinski definition) is 5. The van der Waals surface area contributed by atoms with Crippen LogP contribution in [0.4, 0.5) is 5.95 Å². The maximum atomic E-state index is 9.16. The van der Waals surface area contributed by atoms with Gasteiger partial charge in [-0.1, -0.05) is 5.10 Å². The molecule has 0 aliphatic rings. The summed E-state index contributed by atoms with van der Waals surface area (Å²) in [7, 11) is 3.73. The maximum absolute atomic E-state index is 9.16. The average Bonchev–Trinajstić information content (AvgIpc) is 2.67. The molecule has 0 aliphatic heterocycles. The number of rotatable bonds is 2. The van der Waals surface area contributed by atoms with Crippen molar-refractivity contribution < 1.29 is 5.11 Å². The third-order valence-corrected chi connectivity index (χ3v) is 1.95. The van der Waals surface area contributed by atoms with Crippen molar-refractivity contribution in [3.8, 4) is 11.4 Å². The third-order valence-electron chi connectivity index (χ3n) is 1.95. The van der Waals surface area contributed by atoms with E-state index in [-0.39, 0.29) is 5.75 Å². The molecule has 1 aromatic heterocycles. The lowest BCUT2D eigenvalue weighted by Crippen LogP contribution is -2.15. The van der Waals surface area contributed by atoms with Gasteiger partial charge in [-0.2, -0.15) is 4.68 Å².